The van der Waals surface area contributed by atoms with Crippen molar-refractivity contribution < 1.29 is 4.79 Å². The Balaban J connectivity index is 0.00000182. The quantitative estimate of drug-likeness (QED) is 0.699. The maximum Gasteiger partial charge on any atom is 0.261 e. The summed E-state index contributed by atoms with van der Waals surface area (Å²) in [5.74, 6) is 0.573. The van der Waals surface area contributed by atoms with Crippen molar-refractivity contribution in [1.82, 2.24) is 15.6 Å². The van der Waals surface area contributed by atoms with Gasteiger partial charge in [0.25, 0.3) is 5.91 Å². The van der Waals surface area contributed by atoms with Gasteiger partial charge in [0, 0.05) is 6.54 Å². The topological polar surface area (TPSA) is 54.0 Å². The van der Waals surface area contributed by atoms with Crippen LogP contribution in [0.2, 0.25) is 0 Å². The molecule has 1 aliphatic rings. The van der Waals surface area contributed by atoms with E-state index in [4.69, 9.17) is 0 Å². The second kappa shape index (κ2) is 8.27. The van der Waals surface area contributed by atoms with E-state index in [9.17, 15) is 4.79 Å². The van der Waals surface area contributed by atoms with Crippen LogP contribution >= 0.6 is 35.1 Å². The first kappa shape index (κ1) is 18.3. The number of carbonyl (C=O) groups excluding carboxylic acids is 1. The van der Waals surface area contributed by atoms with Gasteiger partial charge in [-0.15, -0.1) is 35.1 Å². The van der Waals surface area contributed by atoms with Crippen molar-refractivity contribution in [1.29, 1.82) is 0 Å². The van der Waals surface area contributed by atoms with E-state index in [1.165, 1.54) is 28.9 Å². The van der Waals surface area contributed by atoms with Gasteiger partial charge in [0.15, 0.2) is 0 Å². The maximum atomic E-state index is 12.4. The second-order valence-corrected chi connectivity index (χ2v) is 8.19. The van der Waals surface area contributed by atoms with Crippen molar-refractivity contribution in [2.45, 2.75) is 12.8 Å². The lowest BCUT2D eigenvalue weighted by Gasteiger charge is -2.22. The maximum absolute atomic E-state index is 12.4. The normalized spacial score (nSPS) is 17.2. The summed E-state index contributed by atoms with van der Waals surface area (Å²) < 4.78 is 1.18. The number of fused-ring (bicyclic) bond motifs is 1. The number of thiophene rings is 1. The fourth-order valence-electron chi connectivity index (χ4n) is 2.97. The van der Waals surface area contributed by atoms with Gasteiger partial charge < -0.3 is 10.6 Å². The molecule has 2 aromatic heterocycles. The van der Waals surface area contributed by atoms with Gasteiger partial charge in [-0.2, -0.15) is 0 Å². The Kier molecular flexibility index (Phi) is 6.06. The molecule has 0 saturated carbocycles. The van der Waals surface area contributed by atoms with Crippen LogP contribution < -0.4 is 10.6 Å². The molecule has 4 nitrogen and oxygen atoms in total. The molecular weight excluding hydrogens is 374 g/mol. The van der Waals surface area contributed by atoms with Crippen LogP contribution in [0.3, 0.4) is 0 Å². The van der Waals surface area contributed by atoms with E-state index in [1.807, 2.05) is 30.3 Å². The lowest BCUT2D eigenvalue weighted by molar-refractivity contribution is 0.0949. The van der Waals surface area contributed by atoms with E-state index in [1.54, 1.807) is 11.3 Å². The number of hydrogen-bond donors (Lipinski definition) is 2. The third-order valence-corrected chi connectivity index (χ3v) is 6.57. The lowest BCUT2D eigenvalue weighted by atomic mass is 10.00. The number of thiazole rings is 1. The highest BCUT2D eigenvalue weighted by Gasteiger charge is 2.16. The minimum atomic E-state index is 0. The van der Waals surface area contributed by atoms with E-state index in [0.717, 1.165) is 39.9 Å². The number of halogens is 1. The highest BCUT2D eigenvalue weighted by molar-refractivity contribution is 7.26. The summed E-state index contributed by atoms with van der Waals surface area (Å²) in [4.78, 5) is 18.8. The smallest absolute Gasteiger partial charge is 0.261 e. The number of aromatic nitrogens is 1. The molecule has 25 heavy (non-hydrogen) atoms. The first-order valence-corrected chi connectivity index (χ1v) is 9.87. The number of nitrogens with one attached hydrogen (secondary N) is 2. The predicted octanol–water partition coefficient (Wildman–Crippen LogP) is 4.18. The molecule has 7 heteroatoms. The molecule has 0 spiro atoms. The zero-order valence-corrected chi connectivity index (χ0v) is 16.1. The Bertz CT molecular complexity index is 822. The molecule has 1 atom stereocenters. The van der Waals surface area contributed by atoms with Gasteiger partial charge in [0.1, 0.15) is 5.01 Å². The molecule has 1 saturated heterocycles. The molecule has 1 amide bonds. The van der Waals surface area contributed by atoms with Crippen LogP contribution in [0.25, 0.3) is 20.1 Å². The van der Waals surface area contributed by atoms with Gasteiger partial charge >= 0.3 is 0 Å². The van der Waals surface area contributed by atoms with Crippen molar-refractivity contribution in [3.63, 3.8) is 0 Å². The molecule has 1 aliphatic heterocycles. The average Bonchev–Trinajstić information content (AvgIpc) is 3.27. The molecule has 0 radical (unpaired) electrons. The average molecular weight is 394 g/mol. The number of benzene rings is 1. The molecule has 4 rings (SSSR count). The van der Waals surface area contributed by atoms with Gasteiger partial charge in [-0.3, -0.25) is 4.79 Å². The van der Waals surface area contributed by atoms with Gasteiger partial charge in [-0.25, -0.2) is 4.98 Å². The van der Waals surface area contributed by atoms with Gasteiger partial charge in [-0.1, -0.05) is 12.1 Å². The zero-order chi connectivity index (χ0) is 16.4. The van der Waals surface area contributed by atoms with E-state index in [0.29, 0.717) is 5.92 Å². The third-order valence-electron chi connectivity index (χ3n) is 4.28. The number of amides is 1. The summed E-state index contributed by atoms with van der Waals surface area (Å²) in [6.07, 6.45) is 2.38. The summed E-state index contributed by atoms with van der Waals surface area (Å²) in [5.41, 5.74) is 1.02. The van der Waals surface area contributed by atoms with Crippen molar-refractivity contribution in [2.75, 3.05) is 19.6 Å². The molecule has 3 heterocycles. The molecular formula is C18H20ClN3OS2. The monoisotopic (exact) mass is 393 g/mol. The Morgan fingerprint density at radius 3 is 2.92 bits per heavy atom. The number of piperidine rings is 1. The Morgan fingerprint density at radius 2 is 2.12 bits per heavy atom. The van der Waals surface area contributed by atoms with Crippen LogP contribution in [0.15, 0.2) is 36.4 Å². The fraction of sp³-hybridized carbons (Fsp3) is 0.333. The first-order chi connectivity index (χ1) is 11.8. The SMILES string of the molecule is Cl.O=C(NCC1CCCNC1)c1ccc(-c2nc3ccccc3s2)s1. The number of rotatable bonds is 4. The molecule has 3 aromatic rings. The number of nitrogens with zero attached hydrogens (tertiary/aromatic N) is 1. The largest absolute Gasteiger partial charge is 0.351 e. The molecule has 2 N–H and O–H groups in total. The molecule has 1 fully saturated rings. The van der Waals surface area contributed by atoms with Gasteiger partial charge in [-0.05, 0) is 56.1 Å². The van der Waals surface area contributed by atoms with Crippen LogP contribution in [0.5, 0.6) is 0 Å². The van der Waals surface area contributed by atoms with Crippen molar-refractivity contribution in [3.8, 4) is 9.88 Å². The molecule has 0 aliphatic carbocycles. The fourth-order valence-corrected chi connectivity index (χ4v) is 4.92. The standard InChI is InChI=1S/C18H19N3OS2.ClH/c22-17(20-11-12-4-3-9-19-10-12)15-7-8-16(23-15)18-21-13-5-1-2-6-14(13)24-18;/h1-2,5-8,12,19H,3-4,9-11H2,(H,20,22);1H. The van der Waals surface area contributed by atoms with Gasteiger partial charge in [0.2, 0.25) is 0 Å². The Morgan fingerprint density at radius 1 is 1.24 bits per heavy atom. The molecule has 132 valence electrons. The van der Waals surface area contributed by atoms with Crippen LogP contribution in [0, 0.1) is 5.92 Å². The van der Waals surface area contributed by atoms with Crippen LogP contribution in [0.1, 0.15) is 22.5 Å². The minimum Gasteiger partial charge on any atom is -0.351 e. The molecule has 1 aromatic carbocycles. The van der Waals surface area contributed by atoms with E-state index in [2.05, 4.69) is 21.7 Å². The Labute approximate surface area is 161 Å². The number of para-hydroxylation sites is 1. The summed E-state index contributed by atoms with van der Waals surface area (Å²) in [6.45, 7) is 2.85. The van der Waals surface area contributed by atoms with Crippen molar-refractivity contribution in [2.24, 2.45) is 5.92 Å². The summed E-state index contributed by atoms with van der Waals surface area (Å²) >= 11 is 3.19. The third kappa shape index (κ3) is 4.20. The van der Waals surface area contributed by atoms with Gasteiger partial charge in [0.05, 0.1) is 20.0 Å². The number of hydrogen-bond acceptors (Lipinski definition) is 5. The summed E-state index contributed by atoms with van der Waals surface area (Å²) in [7, 11) is 0. The second-order valence-electron chi connectivity index (χ2n) is 6.07. The molecule has 1 unspecified atom stereocenters. The predicted molar refractivity (Wildman–Crippen MR) is 108 cm³/mol. The summed E-state index contributed by atoms with van der Waals surface area (Å²) in [5, 5.41) is 7.44. The van der Waals surface area contributed by atoms with E-state index < -0.39 is 0 Å². The van der Waals surface area contributed by atoms with Crippen molar-refractivity contribution >= 4 is 51.2 Å². The van der Waals surface area contributed by atoms with Crippen molar-refractivity contribution in [3.05, 3.63) is 41.3 Å². The highest BCUT2D eigenvalue weighted by Crippen LogP contribution is 2.34. The highest BCUT2D eigenvalue weighted by atomic mass is 35.5. The minimum absolute atomic E-state index is 0. The zero-order valence-electron chi connectivity index (χ0n) is 13.7. The molecule has 0 bridgehead atoms. The van der Waals surface area contributed by atoms with E-state index >= 15 is 0 Å². The number of carbonyl (C=O) groups is 1. The van der Waals surface area contributed by atoms with Crippen LogP contribution in [0.4, 0.5) is 0 Å². The summed E-state index contributed by atoms with van der Waals surface area (Å²) in [6, 6.07) is 12.0. The lowest BCUT2D eigenvalue weighted by Crippen LogP contribution is -2.37. The Hall–Kier alpha value is -1.47. The van der Waals surface area contributed by atoms with Crippen LogP contribution in [-0.2, 0) is 0 Å². The van der Waals surface area contributed by atoms with Crippen LogP contribution in [-0.4, -0.2) is 30.5 Å². The first-order valence-electron chi connectivity index (χ1n) is 8.24. The van der Waals surface area contributed by atoms with E-state index in [-0.39, 0.29) is 18.3 Å².